The summed E-state index contributed by atoms with van der Waals surface area (Å²) in [5.41, 5.74) is 5.06. The normalized spacial score (nSPS) is 21.3. The number of carbonyl (C=O) groups is 2. The highest BCUT2D eigenvalue weighted by atomic mass is 32.1. The Morgan fingerprint density at radius 3 is 2.55 bits per heavy atom. The van der Waals surface area contributed by atoms with Crippen molar-refractivity contribution in [1.82, 2.24) is 30.6 Å². The highest BCUT2D eigenvalue weighted by Crippen LogP contribution is 2.40. The first-order valence-electron chi connectivity index (χ1n) is 14.7. The molecule has 3 aromatic rings. The van der Waals surface area contributed by atoms with Crippen LogP contribution >= 0.6 is 11.3 Å². The quantitative estimate of drug-likeness (QED) is 0.345. The van der Waals surface area contributed by atoms with Gasteiger partial charge in [0.25, 0.3) is 0 Å². The summed E-state index contributed by atoms with van der Waals surface area (Å²) in [6.45, 7) is 14.3. The molecule has 2 aromatic heterocycles. The third-order valence-electron chi connectivity index (χ3n) is 8.44. The van der Waals surface area contributed by atoms with Crippen molar-refractivity contribution in [1.29, 1.82) is 0 Å². The summed E-state index contributed by atoms with van der Waals surface area (Å²) in [7, 11) is 0. The summed E-state index contributed by atoms with van der Waals surface area (Å²) >= 11 is 1.60. The Bertz CT molecular complexity index is 1380. The summed E-state index contributed by atoms with van der Waals surface area (Å²) in [4.78, 5) is 37.4. The lowest BCUT2D eigenvalue weighted by atomic mass is 9.75. The van der Waals surface area contributed by atoms with E-state index in [2.05, 4.69) is 39.5 Å². The molecule has 2 saturated heterocycles. The van der Waals surface area contributed by atoms with Crippen LogP contribution in [0.4, 0.5) is 0 Å². The molecule has 4 atom stereocenters. The lowest BCUT2D eigenvalue weighted by molar-refractivity contribution is -0.142. The fourth-order valence-electron chi connectivity index (χ4n) is 6.26. The fourth-order valence-corrected chi connectivity index (χ4v) is 7.08. The van der Waals surface area contributed by atoms with Crippen LogP contribution < -0.4 is 10.6 Å². The molecule has 2 aliphatic heterocycles. The molecule has 3 N–H and O–H groups in total. The van der Waals surface area contributed by atoms with Crippen molar-refractivity contribution >= 4 is 23.2 Å². The first-order chi connectivity index (χ1) is 20.0. The number of benzene rings is 1. The third-order valence-corrected chi connectivity index (χ3v) is 9.42. The van der Waals surface area contributed by atoms with Crippen LogP contribution in [0.15, 0.2) is 40.4 Å². The van der Waals surface area contributed by atoms with Crippen LogP contribution in [-0.2, 0) is 9.59 Å². The summed E-state index contributed by atoms with van der Waals surface area (Å²) in [5, 5.41) is 21.2. The van der Waals surface area contributed by atoms with Gasteiger partial charge in [-0.2, -0.15) is 0 Å². The molecule has 0 radical (unpaired) electrons. The number of likely N-dealkylation sites (tertiary alicyclic amines) is 1. The SMILES string of the molecule is Cc1cc([C@@H](C(=O)N2C[C@H](O)C[C@H]2C(=O)N[C@@H](C)c2ccc(-c3scnc3C)cc2)C(C)(C)CN2CCNCC2)on1. The number of hydrogen-bond acceptors (Lipinski definition) is 9. The van der Waals surface area contributed by atoms with Crippen molar-refractivity contribution in [2.24, 2.45) is 5.41 Å². The monoisotopic (exact) mass is 594 g/mol. The number of aryl methyl sites for hydroxylation is 2. The molecule has 10 nitrogen and oxygen atoms in total. The number of aliphatic hydroxyl groups excluding tert-OH is 1. The van der Waals surface area contributed by atoms with Gasteiger partial charge in [-0.3, -0.25) is 9.59 Å². The van der Waals surface area contributed by atoms with E-state index < -0.39 is 23.5 Å². The van der Waals surface area contributed by atoms with Gasteiger partial charge < -0.3 is 30.1 Å². The van der Waals surface area contributed by atoms with Crippen molar-refractivity contribution in [3.05, 3.63) is 58.6 Å². The molecular formula is C31H42N6O4S. The number of nitrogens with one attached hydrogen (secondary N) is 2. The number of β-amino-alcohol motifs (C(OH)–C–C–N with tert-alkyl or cyclic N) is 1. The van der Waals surface area contributed by atoms with Crippen molar-refractivity contribution < 1.29 is 19.2 Å². The van der Waals surface area contributed by atoms with Crippen molar-refractivity contribution in [3.63, 3.8) is 0 Å². The van der Waals surface area contributed by atoms with Gasteiger partial charge in [0.05, 0.1) is 33.9 Å². The van der Waals surface area contributed by atoms with E-state index >= 15 is 0 Å². The third kappa shape index (κ3) is 6.59. The van der Waals surface area contributed by atoms with Gasteiger partial charge in [0.1, 0.15) is 17.7 Å². The summed E-state index contributed by atoms with van der Waals surface area (Å²) in [6.07, 6.45) is -0.593. The maximum Gasteiger partial charge on any atom is 0.243 e. The molecule has 226 valence electrons. The number of amides is 2. The largest absolute Gasteiger partial charge is 0.391 e. The Balaban J connectivity index is 1.33. The van der Waals surface area contributed by atoms with Crippen LogP contribution in [0.1, 0.15) is 61.9 Å². The topological polar surface area (TPSA) is 124 Å². The van der Waals surface area contributed by atoms with Crippen LogP contribution in [0.3, 0.4) is 0 Å². The molecule has 0 saturated carbocycles. The zero-order chi connectivity index (χ0) is 30.0. The Kier molecular flexibility index (Phi) is 9.12. The van der Waals surface area contributed by atoms with E-state index in [4.69, 9.17) is 4.52 Å². The lowest BCUT2D eigenvalue weighted by Crippen LogP contribution is -2.52. The number of carbonyl (C=O) groups excluding carboxylic acids is 2. The van der Waals surface area contributed by atoms with Gasteiger partial charge in [-0.15, -0.1) is 11.3 Å². The van der Waals surface area contributed by atoms with Crippen LogP contribution in [0.5, 0.6) is 0 Å². The van der Waals surface area contributed by atoms with E-state index in [0.29, 0.717) is 18.0 Å². The molecule has 11 heteroatoms. The van der Waals surface area contributed by atoms with Crippen LogP contribution in [0.25, 0.3) is 10.4 Å². The Morgan fingerprint density at radius 2 is 1.93 bits per heavy atom. The van der Waals surface area contributed by atoms with Gasteiger partial charge in [0.2, 0.25) is 11.8 Å². The fraction of sp³-hybridized carbons (Fsp3) is 0.548. The molecule has 5 rings (SSSR count). The average molecular weight is 595 g/mol. The van der Waals surface area contributed by atoms with Gasteiger partial charge in [-0.05, 0) is 37.3 Å². The minimum atomic E-state index is -0.782. The smallest absolute Gasteiger partial charge is 0.243 e. The predicted molar refractivity (Wildman–Crippen MR) is 162 cm³/mol. The molecule has 42 heavy (non-hydrogen) atoms. The van der Waals surface area contributed by atoms with E-state index in [1.807, 2.05) is 56.6 Å². The highest BCUT2D eigenvalue weighted by molar-refractivity contribution is 7.13. The van der Waals surface area contributed by atoms with Crippen LogP contribution in [-0.4, -0.2) is 88.3 Å². The Labute approximate surface area is 251 Å². The summed E-state index contributed by atoms with van der Waals surface area (Å²) in [5.74, 6) is -0.667. The van der Waals surface area contributed by atoms with E-state index in [9.17, 15) is 14.7 Å². The van der Waals surface area contributed by atoms with E-state index in [1.54, 1.807) is 16.2 Å². The van der Waals surface area contributed by atoms with E-state index in [1.165, 1.54) is 0 Å². The van der Waals surface area contributed by atoms with Gasteiger partial charge >= 0.3 is 0 Å². The summed E-state index contributed by atoms with van der Waals surface area (Å²) in [6, 6.07) is 8.84. The maximum absolute atomic E-state index is 14.3. The van der Waals surface area contributed by atoms with E-state index in [0.717, 1.165) is 47.9 Å². The molecule has 0 aliphatic carbocycles. The van der Waals surface area contributed by atoms with Crippen LogP contribution in [0.2, 0.25) is 0 Å². The van der Waals surface area contributed by atoms with Crippen molar-refractivity contribution in [3.8, 4) is 10.4 Å². The second-order valence-electron chi connectivity index (χ2n) is 12.3. The second-order valence-corrected chi connectivity index (χ2v) is 13.2. The van der Waals surface area contributed by atoms with Crippen LogP contribution in [0, 0.1) is 19.3 Å². The molecule has 0 bridgehead atoms. The molecule has 1 aromatic carbocycles. The highest BCUT2D eigenvalue weighted by Gasteiger charge is 2.48. The molecule has 0 spiro atoms. The molecule has 2 aliphatic rings. The first kappa shape index (κ1) is 30.3. The number of piperazine rings is 1. The molecular weight excluding hydrogens is 552 g/mol. The minimum absolute atomic E-state index is 0.0987. The first-order valence-corrected chi connectivity index (χ1v) is 15.6. The van der Waals surface area contributed by atoms with Crippen molar-refractivity contribution in [2.45, 2.75) is 65.1 Å². The van der Waals surface area contributed by atoms with E-state index in [-0.39, 0.29) is 30.8 Å². The lowest BCUT2D eigenvalue weighted by Gasteiger charge is -2.40. The van der Waals surface area contributed by atoms with Gasteiger partial charge in [0, 0.05) is 51.8 Å². The van der Waals surface area contributed by atoms with Crippen molar-refractivity contribution in [2.75, 3.05) is 39.3 Å². The molecule has 0 unspecified atom stereocenters. The number of nitrogens with zero attached hydrogens (tertiary/aromatic N) is 4. The zero-order valence-corrected chi connectivity index (χ0v) is 25.9. The van der Waals surface area contributed by atoms with Gasteiger partial charge in [0.15, 0.2) is 0 Å². The van der Waals surface area contributed by atoms with Gasteiger partial charge in [-0.1, -0.05) is 43.3 Å². The average Bonchev–Trinajstić information content (AvgIpc) is 3.68. The standard InChI is InChI=1S/C31H42N6O4S/c1-19-14-26(41-35-19)27(31(4,5)17-36-12-10-32-11-13-36)30(40)37-16-24(38)15-25(37)29(39)34-20(2)22-6-8-23(9-7-22)28-21(3)33-18-42-28/h6-9,14,18,20,24-25,27,32,38H,10-13,15-17H2,1-5H3,(H,34,39)/t20-,24+,25-,27-/m0/s1. The number of aromatic nitrogens is 2. The second kappa shape index (κ2) is 12.6. The number of aliphatic hydroxyl groups is 1. The number of thiazole rings is 1. The molecule has 2 fully saturated rings. The van der Waals surface area contributed by atoms with Gasteiger partial charge in [-0.25, -0.2) is 4.98 Å². The zero-order valence-electron chi connectivity index (χ0n) is 25.1. The maximum atomic E-state index is 14.3. The number of hydrogen-bond donors (Lipinski definition) is 3. The number of rotatable bonds is 9. The summed E-state index contributed by atoms with van der Waals surface area (Å²) < 4.78 is 5.68. The Hall–Kier alpha value is -3.12. The minimum Gasteiger partial charge on any atom is -0.391 e. The molecule has 2 amide bonds. The Morgan fingerprint density at radius 1 is 1.21 bits per heavy atom. The predicted octanol–water partition coefficient (Wildman–Crippen LogP) is 3.27. The molecule has 4 heterocycles.